The van der Waals surface area contributed by atoms with Gasteiger partial charge in [-0.2, -0.15) is 0 Å². The maximum Gasteiger partial charge on any atom is 0.305 e. The first-order chi connectivity index (χ1) is 8.65. The van der Waals surface area contributed by atoms with Gasteiger partial charge in [0.05, 0.1) is 0 Å². The summed E-state index contributed by atoms with van der Waals surface area (Å²) in [5, 5.41) is 9.30. The predicted molar refractivity (Wildman–Crippen MR) is 59.5 cm³/mol. The lowest BCUT2D eigenvalue weighted by molar-refractivity contribution is -0.202. The Bertz CT molecular complexity index is 344. The lowest BCUT2D eigenvalue weighted by Gasteiger charge is -2.28. The molecular formula is C11H17FO7. The smallest absolute Gasteiger partial charge is 0.305 e. The van der Waals surface area contributed by atoms with Gasteiger partial charge in [-0.15, -0.1) is 0 Å². The van der Waals surface area contributed by atoms with Gasteiger partial charge in [0, 0.05) is 20.8 Å². The van der Waals surface area contributed by atoms with Crippen molar-refractivity contribution in [3.8, 4) is 0 Å². The van der Waals surface area contributed by atoms with E-state index >= 15 is 0 Å². The molecular weight excluding hydrogens is 263 g/mol. The summed E-state index contributed by atoms with van der Waals surface area (Å²) in [6.45, 7) is 4.38. The molecule has 0 radical (unpaired) electrons. The molecule has 0 rings (SSSR count). The molecule has 0 heterocycles. The van der Waals surface area contributed by atoms with Gasteiger partial charge >= 0.3 is 17.9 Å². The molecule has 0 spiro atoms. The molecule has 8 heteroatoms. The minimum Gasteiger partial charge on any atom is -0.459 e. The van der Waals surface area contributed by atoms with Gasteiger partial charge in [0.25, 0.3) is 0 Å². The molecule has 0 amide bonds. The van der Waals surface area contributed by atoms with E-state index in [9.17, 15) is 23.9 Å². The second-order valence-electron chi connectivity index (χ2n) is 3.83. The number of aliphatic hydroxyl groups is 1. The van der Waals surface area contributed by atoms with Gasteiger partial charge in [-0.05, 0) is 6.92 Å². The van der Waals surface area contributed by atoms with Crippen molar-refractivity contribution in [3.05, 3.63) is 0 Å². The number of aliphatic hydroxyl groups excluding tert-OH is 1. The number of carbonyl (C=O) groups is 3. The van der Waals surface area contributed by atoms with E-state index in [-0.39, 0.29) is 0 Å². The van der Waals surface area contributed by atoms with E-state index in [2.05, 4.69) is 14.2 Å². The first-order valence-electron chi connectivity index (χ1n) is 5.49. The highest BCUT2D eigenvalue weighted by Gasteiger charge is 2.38. The quantitative estimate of drug-likeness (QED) is 0.418. The minimum absolute atomic E-state index is 0.709. The molecule has 0 aliphatic heterocycles. The van der Waals surface area contributed by atoms with Crippen molar-refractivity contribution in [1.82, 2.24) is 0 Å². The fourth-order valence-corrected chi connectivity index (χ4v) is 1.34. The van der Waals surface area contributed by atoms with E-state index in [1.807, 2.05) is 0 Å². The standard InChI is InChI=1S/C11H17FO7/c1-5(17-6(2)13)10(18-7(3)14)9(12)11(16)19-8(4)15/h5,9-11,16H,1-4H3/t5-,9+,10-,11-/m0/s1. The van der Waals surface area contributed by atoms with Crippen LogP contribution < -0.4 is 0 Å². The van der Waals surface area contributed by atoms with E-state index < -0.39 is 42.6 Å². The highest BCUT2D eigenvalue weighted by atomic mass is 19.1. The lowest BCUT2D eigenvalue weighted by atomic mass is 10.1. The van der Waals surface area contributed by atoms with E-state index in [1.54, 1.807) is 0 Å². The Morgan fingerprint density at radius 1 is 0.947 bits per heavy atom. The number of ether oxygens (including phenoxy) is 3. The van der Waals surface area contributed by atoms with Crippen LogP contribution in [0.3, 0.4) is 0 Å². The number of alkyl halides is 1. The molecule has 4 atom stereocenters. The van der Waals surface area contributed by atoms with Crippen LogP contribution in [0.1, 0.15) is 27.7 Å². The van der Waals surface area contributed by atoms with Crippen LogP contribution in [0.15, 0.2) is 0 Å². The number of hydrogen-bond acceptors (Lipinski definition) is 7. The second-order valence-corrected chi connectivity index (χ2v) is 3.83. The van der Waals surface area contributed by atoms with Crippen LogP contribution >= 0.6 is 0 Å². The molecule has 19 heavy (non-hydrogen) atoms. The van der Waals surface area contributed by atoms with Gasteiger partial charge in [0.1, 0.15) is 6.10 Å². The molecule has 0 bridgehead atoms. The Labute approximate surface area is 109 Å². The van der Waals surface area contributed by atoms with Crippen LogP contribution in [0.25, 0.3) is 0 Å². The molecule has 1 N–H and O–H groups in total. The third kappa shape index (κ3) is 6.70. The predicted octanol–water partition coefficient (Wildman–Crippen LogP) is 0.0893. The van der Waals surface area contributed by atoms with Gasteiger partial charge < -0.3 is 19.3 Å². The average Bonchev–Trinajstić information content (AvgIpc) is 2.22. The molecule has 7 nitrogen and oxygen atoms in total. The first-order valence-corrected chi connectivity index (χ1v) is 5.49. The van der Waals surface area contributed by atoms with Crippen LogP contribution in [-0.4, -0.2) is 47.7 Å². The van der Waals surface area contributed by atoms with Crippen LogP contribution in [0.2, 0.25) is 0 Å². The van der Waals surface area contributed by atoms with Crippen molar-refractivity contribution in [3.63, 3.8) is 0 Å². The van der Waals surface area contributed by atoms with Crippen molar-refractivity contribution in [2.45, 2.75) is 52.4 Å². The fraction of sp³-hybridized carbons (Fsp3) is 0.727. The topological polar surface area (TPSA) is 99.1 Å². The SMILES string of the molecule is CC(=O)O[C@H]([C@@H](F)[C@@H](O)OC(C)=O)[C@H](C)OC(C)=O. The third-order valence-corrected chi connectivity index (χ3v) is 1.99. The first kappa shape index (κ1) is 17.3. The summed E-state index contributed by atoms with van der Waals surface area (Å²) in [4.78, 5) is 32.3. The lowest BCUT2D eigenvalue weighted by Crippen LogP contribution is -2.46. The van der Waals surface area contributed by atoms with Gasteiger partial charge in [-0.3, -0.25) is 14.4 Å². The van der Waals surface area contributed by atoms with Crippen LogP contribution in [0.4, 0.5) is 4.39 Å². The Hall–Kier alpha value is -1.70. The summed E-state index contributed by atoms with van der Waals surface area (Å²) in [6.07, 6.45) is -7.11. The largest absolute Gasteiger partial charge is 0.459 e. The van der Waals surface area contributed by atoms with E-state index in [0.717, 1.165) is 20.8 Å². The summed E-state index contributed by atoms with van der Waals surface area (Å²) in [5.74, 6) is -2.45. The monoisotopic (exact) mass is 280 g/mol. The molecule has 0 saturated heterocycles. The van der Waals surface area contributed by atoms with Crippen molar-refractivity contribution >= 4 is 17.9 Å². The highest BCUT2D eigenvalue weighted by Crippen LogP contribution is 2.17. The summed E-state index contributed by atoms with van der Waals surface area (Å²) < 4.78 is 27.4. The third-order valence-electron chi connectivity index (χ3n) is 1.99. The Morgan fingerprint density at radius 3 is 1.74 bits per heavy atom. The van der Waals surface area contributed by atoms with Crippen LogP contribution in [-0.2, 0) is 28.6 Å². The van der Waals surface area contributed by atoms with Crippen LogP contribution in [0.5, 0.6) is 0 Å². The van der Waals surface area contributed by atoms with E-state index in [1.165, 1.54) is 6.92 Å². The fourth-order valence-electron chi connectivity index (χ4n) is 1.34. The zero-order valence-electron chi connectivity index (χ0n) is 11.1. The van der Waals surface area contributed by atoms with Crippen LogP contribution in [0, 0.1) is 0 Å². The zero-order valence-corrected chi connectivity index (χ0v) is 11.1. The number of esters is 3. The molecule has 0 unspecified atom stereocenters. The maximum absolute atomic E-state index is 13.9. The Balaban J connectivity index is 4.85. The normalized spacial score (nSPS) is 16.7. The van der Waals surface area contributed by atoms with E-state index in [0.29, 0.717) is 0 Å². The molecule has 0 saturated carbocycles. The molecule has 0 aromatic carbocycles. The molecule has 0 aromatic rings. The molecule has 0 aromatic heterocycles. The van der Waals surface area contributed by atoms with Gasteiger partial charge in [-0.25, -0.2) is 4.39 Å². The van der Waals surface area contributed by atoms with Gasteiger partial charge in [0.15, 0.2) is 6.10 Å². The second kappa shape index (κ2) is 7.67. The number of rotatable bonds is 6. The van der Waals surface area contributed by atoms with Crippen molar-refractivity contribution in [2.75, 3.05) is 0 Å². The van der Waals surface area contributed by atoms with Crippen molar-refractivity contribution < 1.29 is 38.1 Å². The molecule has 0 aliphatic carbocycles. The number of halogens is 1. The average molecular weight is 280 g/mol. The summed E-state index contributed by atoms with van der Waals surface area (Å²) >= 11 is 0. The Kier molecular flexibility index (Phi) is 6.99. The van der Waals surface area contributed by atoms with E-state index in [4.69, 9.17) is 0 Å². The summed E-state index contributed by atoms with van der Waals surface area (Å²) in [6, 6.07) is 0. The minimum atomic E-state index is -2.25. The summed E-state index contributed by atoms with van der Waals surface area (Å²) in [5.41, 5.74) is 0. The molecule has 110 valence electrons. The van der Waals surface area contributed by atoms with Gasteiger partial charge in [0.2, 0.25) is 12.5 Å². The van der Waals surface area contributed by atoms with Crippen molar-refractivity contribution in [1.29, 1.82) is 0 Å². The Morgan fingerprint density at radius 2 is 1.37 bits per heavy atom. The maximum atomic E-state index is 13.9. The van der Waals surface area contributed by atoms with Gasteiger partial charge in [-0.1, -0.05) is 0 Å². The zero-order chi connectivity index (χ0) is 15.2. The summed E-state index contributed by atoms with van der Waals surface area (Å²) in [7, 11) is 0. The van der Waals surface area contributed by atoms with Crippen molar-refractivity contribution in [2.24, 2.45) is 0 Å². The molecule has 0 fully saturated rings. The molecule has 0 aliphatic rings. The number of carbonyl (C=O) groups excluding carboxylic acids is 3. The number of hydrogen-bond donors (Lipinski definition) is 1. The highest BCUT2D eigenvalue weighted by molar-refractivity contribution is 5.67.